The van der Waals surface area contributed by atoms with Crippen LogP contribution in [0.3, 0.4) is 0 Å². The molecule has 2 aromatic carbocycles. The molecule has 0 bridgehead atoms. The van der Waals surface area contributed by atoms with Gasteiger partial charge < -0.3 is 10.6 Å². The second-order valence-corrected chi connectivity index (χ2v) is 7.11. The summed E-state index contributed by atoms with van der Waals surface area (Å²) in [5.74, 6) is -0.722. The molecule has 6 nitrogen and oxygen atoms in total. The number of carbonyl (C=O) groups is 2. The van der Waals surface area contributed by atoms with Gasteiger partial charge in [0.05, 0.1) is 11.4 Å². The van der Waals surface area contributed by atoms with Crippen molar-refractivity contribution in [3.8, 4) is 5.69 Å². The first-order valence-corrected chi connectivity index (χ1v) is 10.0. The molecular formula is C24H25FN4O2. The molecule has 160 valence electrons. The first-order chi connectivity index (χ1) is 14.9. The molecule has 0 saturated heterocycles. The number of amides is 2. The average Bonchev–Trinajstić information content (AvgIpc) is 3.05. The highest BCUT2D eigenvalue weighted by molar-refractivity contribution is 5.92. The van der Waals surface area contributed by atoms with E-state index in [9.17, 15) is 14.0 Å². The Morgan fingerprint density at radius 3 is 2.45 bits per heavy atom. The molecule has 31 heavy (non-hydrogen) atoms. The lowest BCUT2D eigenvalue weighted by Gasteiger charge is -2.06. The van der Waals surface area contributed by atoms with E-state index in [1.165, 1.54) is 18.2 Å². The van der Waals surface area contributed by atoms with Crippen molar-refractivity contribution in [2.45, 2.75) is 26.8 Å². The lowest BCUT2D eigenvalue weighted by molar-refractivity contribution is -0.121. The maximum atomic E-state index is 13.2. The standard InChI is InChI=1S/C24H25FN4O2/c1-17-22(18(2)29(28-17)21-10-8-20(25)9-11-21)12-13-23(30)26-15-14-24(31)27-16-19-6-4-3-5-7-19/h3-13H,14-16H2,1-2H3,(H,26,30)(H,27,31)/b13-12+. The van der Waals surface area contributed by atoms with Gasteiger partial charge in [-0.15, -0.1) is 0 Å². The highest BCUT2D eigenvalue weighted by Crippen LogP contribution is 2.19. The molecule has 1 heterocycles. The summed E-state index contributed by atoms with van der Waals surface area (Å²) in [6, 6.07) is 15.7. The molecule has 3 rings (SSSR count). The van der Waals surface area contributed by atoms with Crippen LogP contribution in [0.25, 0.3) is 11.8 Å². The Bertz CT molecular complexity index is 1070. The van der Waals surface area contributed by atoms with Crippen LogP contribution in [0.2, 0.25) is 0 Å². The van der Waals surface area contributed by atoms with Crippen LogP contribution in [0.1, 0.15) is 28.9 Å². The fraction of sp³-hybridized carbons (Fsp3) is 0.208. The third kappa shape index (κ3) is 6.12. The van der Waals surface area contributed by atoms with Gasteiger partial charge in [0.25, 0.3) is 0 Å². The Labute approximate surface area is 180 Å². The van der Waals surface area contributed by atoms with Crippen molar-refractivity contribution in [3.63, 3.8) is 0 Å². The third-order valence-corrected chi connectivity index (χ3v) is 4.80. The predicted molar refractivity (Wildman–Crippen MR) is 118 cm³/mol. The minimum atomic E-state index is -0.309. The van der Waals surface area contributed by atoms with Crippen LogP contribution in [-0.4, -0.2) is 28.1 Å². The number of benzene rings is 2. The van der Waals surface area contributed by atoms with Crippen molar-refractivity contribution >= 4 is 17.9 Å². The van der Waals surface area contributed by atoms with E-state index in [-0.39, 0.29) is 30.6 Å². The molecule has 0 saturated carbocycles. The first-order valence-electron chi connectivity index (χ1n) is 10.0. The zero-order valence-corrected chi connectivity index (χ0v) is 17.6. The van der Waals surface area contributed by atoms with Crippen LogP contribution in [0, 0.1) is 19.7 Å². The zero-order chi connectivity index (χ0) is 22.2. The Morgan fingerprint density at radius 1 is 1.03 bits per heavy atom. The molecule has 0 unspecified atom stereocenters. The number of nitrogens with zero attached hydrogens (tertiary/aromatic N) is 2. The maximum Gasteiger partial charge on any atom is 0.244 e. The van der Waals surface area contributed by atoms with E-state index in [4.69, 9.17) is 0 Å². The minimum Gasteiger partial charge on any atom is -0.352 e. The van der Waals surface area contributed by atoms with Crippen LogP contribution < -0.4 is 10.6 Å². The molecule has 0 fully saturated rings. The summed E-state index contributed by atoms with van der Waals surface area (Å²) in [6.07, 6.45) is 3.32. The van der Waals surface area contributed by atoms with Crippen LogP contribution in [-0.2, 0) is 16.1 Å². The topological polar surface area (TPSA) is 76.0 Å². The summed E-state index contributed by atoms with van der Waals surface area (Å²) in [6.45, 7) is 4.44. The lowest BCUT2D eigenvalue weighted by Crippen LogP contribution is -2.29. The molecule has 0 spiro atoms. The van der Waals surface area contributed by atoms with Crippen molar-refractivity contribution in [2.75, 3.05) is 6.54 Å². The van der Waals surface area contributed by atoms with E-state index in [0.29, 0.717) is 6.54 Å². The Balaban J connectivity index is 1.49. The molecule has 0 aliphatic carbocycles. The predicted octanol–water partition coefficient (Wildman–Crippen LogP) is 3.46. The third-order valence-electron chi connectivity index (χ3n) is 4.80. The summed E-state index contributed by atoms with van der Waals surface area (Å²) in [5, 5.41) is 10.0. The highest BCUT2D eigenvalue weighted by atomic mass is 19.1. The molecule has 0 aliphatic rings. The second kappa shape index (κ2) is 10.3. The molecule has 2 amide bonds. The number of hydrogen-bond donors (Lipinski definition) is 2. The average molecular weight is 420 g/mol. The van der Waals surface area contributed by atoms with Gasteiger partial charge in [0, 0.05) is 36.8 Å². The fourth-order valence-corrected chi connectivity index (χ4v) is 3.13. The number of rotatable bonds is 8. The molecule has 0 radical (unpaired) electrons. The van der Waals surface area contributed by atoms with Gasteiger partial charge in [-0.1, -0.05) is 30.3 Å². The molecule has 3 aromatic rings. The van der Waals surface area contributed by atoms with Gasteiger partial charge >= 0.3 is 0 Å². The Morgan fingerprint density at radius 2 is 1.74 bits per heavy atom. The van der Waals surface area contributed by atoms with Gasteiger partial charge in [-0.25, -0.2) is 9.07 Å². The molecule has 0 atom stereocenters. The van der Waals surface area contributed by atoms with Crippen molar-refractivity contribution in [1.29, 1.82) is 0 Å². The van der Waals surface area contributed by atoms with E-state index in [2.05, 4.69) is 15.7 Å². The zero-order valence-electron chi connectivity index (χ0n) is 17.6. The monoisotopic (exact) mass is 420 g/mol. The van der Waals surface area contributed by atoms with E-state index < -0.39 is 0 Å². The number of aromatic nitrogens is 2. The molecule has 2 N–H and O–H groups in total. The summed E-state index contributed by atoms with van der Waals surface area (Å²) < 4.78 is 14.9. The number of carbonyl (C=O) groups excluding carboxylic acids is 2. The Hall–Kier alpha value is -3.74. The molecule has 0 aliphatic heterocycles. The van der Waals surface area contributed by atoms with Gasteiger partial charge in [0.2, 0.25) is 11.8 Å². The smallest absolute Gasteiger partial charge is 0.244 e. The van der Waals surface area contributed by atoms with Gasteiger partial charge in [-0.3, -0.25) is 9.59 Å². The minimum absolute atomic E-state index is 0.125. The quantitative estimate of drug-likeness (QED) is 0.548. The van der Waals surface area contributed by atoms with Crippen LogP contribution in [0.15, 0.2) is 60.7 Å². The summed E-state index contributed by atoms with van der Waals surface area (Å²) in [7, 11) is 0. The molecular weight excluding hydrogens is 395 g/mol. The largest absolute Gasteiger partial charge is 0.352 e. The second-order valence-electron chi connectivity index (χ2n) is 7.11. The molecule has 7 heteroatoms. The van der Waals surface area contributed by atoms with Gasteiger partial charge in [-0.05, 0) is 49.8 Å². The SMILES string of the molecule is Cc1nn(-c2ccc(F)cc2)c(C)c1/C=C/C(=O)NCCC(=O)NCc1ccccc1. The molecule has 1 aromatic heterocycles. The van der Waals surface area contributed by atoms with Crippen LogP contribution >= 0.6 is 0 Å². The van der Waals surface area contributed by atoms with Crippen molar-refractivity contribution in [3.05, 3.63) is 89.0 Å². The summed E-state index contributed by atoms with van der Waals surface area (Å²) >= 11 is 0. The lowest BCUT2D eigenvalue weighted by atomic mass is 10.2. The summed E-state index contributed by atoms with van der Waals surface area (Å²) in [5.41, 5.74) is 4.18. The van der Waals surface area contributed by atoms with Gasteiger partial charge in [0.15, 0.2) is 0 Å². The van der Waals surface area contributed by atoms with E-state index in [0.717, 1.165) is 28.2 Å². The first kappa shape index (κ1) is 22.0. The van der Waals surface area contributed by atoms with Gasteiger partial charge in [-0.2, -0.15) is 5.10 Å². The Kier molecular flexibility index (Phi) is 7.32. The maximum absolute atomic E-state index is 13.2. The fourth-order valence-electron chi connectivity index (χ4n) is 3.13. The van der Waals surface area contributed by atoms with E-state index in [1.807, 2.05) is 44.2 Å². The number of halogens is 1. The number of nitrogens with one attached hydrogen (secondary N) is 2. The number of hydrogen-bond acceptors (Lipinski definition) is 3. The van der Waals surface area contributed by atoms with Crippen LogP contribution in [0.4, 0.5) is 4.39 Å². The van der Waals surface area contributed by atoms with Crippen molar-refractivity contribution in [2.24, 2.45) is 0 Å². The van der Waals surface area contributed by atoms with E-state index >= 15 is 0 Å². The van der Waals surface area contributed by atoms with Crippen LogP contribution in [0.5, 0.6) is 0 Å². The van der Waals surface area contributed by atoms with E-state index in [1.54, 1.807) is 22.9 Å². The highest BCUT2D eigenvalue weighted by Gasteiger charge is 2.11. The van der Waals surface area contributed by atoms with Gasteiger partial charge in [0.1, 0.15) is 5.82 Å². The van der Waals surface area contributed by atoms with Crippen molar-refractivity contribution in [1.82, 2.24) is 20.4 Å². The summed E-state index contributed by atoms with van der Waals surface area (Å²) in [4.78, 5) is 24.0. The van der Waals surface area contributed by atoms with Crippen molar-refractivity contribution < 1.29 is 14.0 Å². The normalized spacial score (nSPS) is 10.9. The number of aryl methyl sites for hydroxylation is 1.